The summed E-state index contributed by atoms with van der Waals surface area (Å²) in [7, 11) is 0.527. The average Bonchev–Trinajstić information content (AvgIpc) is 2.27. The Bertz CT molecular complexity index is 251. The molecule has 0 aliphatic heterocycles. The Morgan fingerprint density at radius 2 is 1.06 bits per heavy atom. The minimum absolute atomic E-state index is 0.527. The molecule has 0 fully saturated rings. The number of allylic oxidation sites excluding steroid dienone is 3. The van der Waals surface area contributed by atoms with Crippen molar-refractivity contribution in [3.8, 4) is 0 Å². The van der Waals surface area contributed by atoms with Gasteiger partial charge in [-0.05, 0) is 0 Å². The van der Waals surface area contributed by atoms with Crippen LogP contribution in [-0.4, -0.2) is 15.8 Å². The third kappa shape index (κ3) is 6.21. The molecule has 4 heteroatoms. The van der Waals surface area contributed by atoms with E-state index in [-0.39, 0.29) is 0 Å². The van der Waals surface area contributed by atoms with E-state index in [1.807, 2.05) is 20.8 Å². The lowest BCUT2D eigenvalue weighted by Gasteiger charge is -2.33. The minimum Gasteiger partial charge on any atom is -0.431 e. The first-order chi connectivity index (χ1) is 7.86. The largest absolute Gasteiger partial charge is 0.431 e. The Morgan fingerprint density at radius 1 is 0.824 bits per heavy atom. The van der Waals surface area contributed by atoms with Crippen LogP contribution in [-0.2, 0) is 14.2 Å². The third-order valence-corrected chi connectivity index (χ3v) is 2.78. The molecule has 0 atom stereocenters. The molecule has 0 radical (unpaired) electrons. The Labute approximate surface area is 108 Å². The molecule has 0 aromatic rings. The molecule has 0 amide bonds. The maximum absolute atomic E-state index is 5.63. The molecule has 0 saturated heterocycles. The Hall–Kier alpha value is -1.16. The van der Waals surface area contributed by atoms with E-state index in [1.165, 1.54) is 0 Å². The summed E-state index contributed by atoms with van der Waals surface area (Å²) in [5.74, 6) is 1.90. The van der Waals surface area contributed by atoms with Gasteiger partial charge in [-0.2, -0.15) is 0 Å². The van der Waals surface area contributed by atoms with Crippen LogP contribution >= 0.6 is 0 Å². The van der Waals surface area contributed by atoms with Crippen LogP contribution in [0.5, 0.6) is 0 Å². The first kappa shape index (κ1) is 15.8. The summed E-state index contributed by atoms with van der Waals surface area (Å²) in [4.78, 5) is 0. The van der Waals surface area contributed by atoms with Crippen molar-refractivity contribution in [2.75, 3.05) is 0 Å². The second kappa shape index (κ2) is 7.22. The van der Waals surface area contributed by atoms with E-state index in [2.05, 4.69) is 19.7 Å². The van der Waals surface area contributed by atoms with Crippen LogP contribution in [0.1, 0.15) is 40.0 Å². The van der Waals surface area contributed by atoms with Crippen molar-refractivity contribution in [3.63, 3.8) is 0 Å². The quantitative estimate of drug-likeness (QED) is 0.361. The molecule has 0 aliphatic carbocycles. The summed E-state index contributed by atoms with van der Waals surface area (Å²) in [6.07, 6.45) is 2.15. The summed E-state index contributed by atoms with van der Waals surface area (Å²) in [6, 6.07) is 0. The zero-order valence-electron chi connectivity index (χ0n) is 11.5. The number of hydrogen-bond acceptors (Lipinski definition) is 3. The minimum atomic E-state index is -1.09. The predicted molar refractivity (Wildman–Crippen MR) is 74.2 cm³/mol. The van der Waals surface area contributed by atoms with E-state index in [0.29, 0.717) is 46.8 Å². The van der Waals surface area contributed by atoms with E-state index >= 15 is 0 Å². The van der Waals surface area contributed by atoms with Crippen molar-refractivity contribution < 1.29 is 14.2 Å². The molecule has 0 aromatic carbocycles. The Morgan fingerprint density at radius 3 is 1.24 bits per heavy atom. The molecular formula is C13H24O3Si. The fourth-order valence-corrected chi connectivity index (χ4v) is 1.93. The van der Waals surface area contributed by atoms with Gasteiger partial charge in [-0.15, -0.1) is 0 Å². The smallest absolute Gasteiger partial charge is 0.367 e. The van der Waals surface area contributed by atoms with Gasteiger partial charge in [0, 0.05) is 19.3 Å². The number of hydrogen-bond donors (Lipinski definition) is 0. The summed E-state index contributed by atoms with van der Waals surface area (Å²) in [6.45, 7) is 17.3. The van der Waals surface area contributed by atoms with Gasteiger partial charge in [0.05, 0.1) is 17.3 Å². The highest BCUT2D eigenvalue weighted by molar-refractivity contribution is 6.12. The van der Waals surface area contributed by atoms with Crippen molar-refractivity contribution in [2.24, 2.45) is 0 Å². The van der Waals surface area contributed by atoms with Crippen LogP contribution in [0.2, 0.25) is 0 Å². The molecular weight excluding hydrogens is 232 g/mol. The molecule has 3 nitrogen and oxygen atoms in total. The fraction of sp³-hybridized carbons (Fsp3) is 0.538. The molecule has 0 spiro atoms. The van der Waals surface area contributed by atoms with Crippen LogP contribution in [0, 0.1) is 0 Å². The molecule has 0 bridgehead atoms. The standard InChI is InChI=1S/C13H24O3Si/c1-7-10(4)14-13(17,15-11(5)8-2)16-12(6)9-3/h4-9H2,1-3,17H3. The highest BCUT2D eigenvalue weighted by Crippen LogP contribution is 2.24. The van der Waals surface area contributed by atoms with Gasteiger partial charge >= 0.3 is 5.60 Å². The molecule has 0 aromatic heterocycles. The summed E-state index contributed by atoms with van der Waals surface area (Å²) in [5.41, 5.74) is -1.09. The van der Waals surface area contributed by atoms with E-state index < -0.39 is 5.60 Å². The van der Waals surface area contributed by atoms with E-state index in [4.69, 9.17) is 14.2 Å². The highest BCUT2D eigenvalue weighted by atomic mass is 28.1. The van der Waals surface area contributed by atoms with Gasteiger partial charge in [0.25, 0.3) is 0 Å². The molecule has 0 saturated carbocycles. The molecule has 17 heavy (non-hydrogen) atoms. The Kier molecular flexibility index (Phi) is 6.73. The number of ether oxygens (including phenoxy) is 3. The summed E-state index contributed by atoms with van der Waals surface area (Å²) < 4.78 is 16.9. The highest BCUT2D eigenvalue weighted by Gasteiger charge is 2.31. The third-order valence-electron chi connectivity index (χ3n) is 2.17. The van der Waals surface area contributed by atoms with Crippen molar-refractivity contribution in [1.29, 1.82) is 0 Å². The lowest BCUT2D eigenvalue weighted by Crippen LogP contribution is -2.38. The van der Waals surface area contributed by atoms with Gasteiger partial charge in [-0.1, -0.05) is 40.5 Å². The summed E-state index contributed by atoms with van der Waals surface area (Å²) >= 11 is 0. The first-order valence-corrected chi connectivity index (χ1v) is 6.97. The van der Waals surface area contributed by atoms with Crippen LogP contribution in [0.15, 0.2) is 37.0 Å². The van der Waals surface area contributed by atoms with Crippen molar-refractivity contribution in [3.05, 3.63) is 37.0 Å². The van der Waals surface area contributed by atoms with Crippen LogP contribution in [0.3, 0.4) is 0 Å². The fourth-order valence-electron chi connectivity index (χ4n) is 1.07. The lowest BCUT2D eigenvalue weighted by atomic mass is 10.4. The predicted octanol–water partition coefficient (Wildman–Crippen LogP) is 2.78. The van der Waals surface area contributed by atoms with E-state index in [1.54, 1.807) is 0 Å². The molecule has 98 valence electrons. The van der Waals surface area contributed by atoms with Gasteiger partial charge in [0.2, 0.25) is 0 Å². The van der Waals surface area contributed by atoms with Gasteiger partial charge in [0.15, 0.2) is 10.2 Å². The molecule has 0 aliphatic rings. The Balaban J connectivity index is 4.72. The molecule has 0 rings (SSSR count). The zero-order chi connectivity index (χ0) is 13.5. The monoisotopic (exact) mass is 256 g/mol. The second-order valence-corrected chi connectivity index (χ2v) is 5.07. The average molecular weight is 256 g/mol. The summed E-state index contributed by atoms with van der Waals surface area (Å²) in [5, 5.41) is 0. The zero-order valence-corrected chi connectivity index (χ0v) is 13.5. The lowest BCUT2D eigenvalue weighted by molar-refractivity contribution is -0.277. The first-order valence-electron chi connectivity index (χ1n) is 5.97. The van der Waals surface area contributed by atoms with E-state index in [0.717, 1.165) is 0 Å². The second-order valence-electron chi connectivity index (χ2n) is 3.85. The van der Waals surface area contributed by atoms with Crippen molar-refractivity contribution >= 4 is 10.2 Å². The van der Waals surface area contributed by atoms with E-state index in [9.17, 15) is 0 Å². The maximum atomic E-state index is 5.63. The van der Waals surface area contributed by atoms with Crippen LogP contribution < -0.4 is 0 Å². The molecule has 0 heterocycles. The SMILES string of the molecule is C=C(CC)OC([SiH3])(OC(=C)CC)OC(=C)CC. The van der Waals surface area contributed by atoms with Gasteiger partial charge in [-0.25, -0.2) is 0 Å². The normalized spacial score (nSPS) is 10.8. The van der Waals surface area contributed by atoms with Crippen molar-refractivity contribution in [1.82, 2.24) is 0 Å². The topological polar surface area (TPSA) is 27.7 Å². The van der Waals surface area contributed by atoms with Crippen molar-refractivity contribution in [2.45, 2.75) is 45.6 Å². The molecule has 0 unspecified atom stereocenters. The van der Waals surface area contributed by atoms with Gasteiger partial charge in [-0.3, -0.25) is 0 Å². The van der Waals surface area contributed by atoms with Gasteiger partial charge in [0.1, 0.15) is 0 Å². The van der Waals surface area contributed by atoms with Crippen LogP contribution in [0.4, 0.5) is 0 Å². The van der Waals surface area contributed by atoms with Gasteiger partial charge < -0.3 is 14.2 Å². The van der Waals surface area contributed by atoms with Crippen LogP contribution in [0.25, 0.3) is 0 Å². The maximum Gasteiger partial charge on any atom is 0.367 e. The number of rotatable bonds is 9. The molecule has 0 N–H and O–H groups in total.